The number of phenols is 2. The minimum Gasteiger partial charge on any atom is -0.508 e. The number of rotatable bonds is 9. The molecule has 4 aromatic rings. The highest BCUT2D eigenvalue weighted by Gasteiger charge is 2.18. The third-order valence-corrected chi connectivity index (χ3v) is 6.54. The van der Waals surface area contributed by atoms with Crippen LogP contribution in [0.3, 0.4) is 0 Å². The summed E-state index contributed by atoms with van der Waals surface area (Å²) in [5.41, 5.74) is 5.31. The first kappa shape index (κ1) is 27.0. The summed E-state index contributed by atoms with van der Waals surface area (Å²) in [6.07, 6.45) is 2.93. The van der Waals surface area contributed by atoms with E-state index in [0.29, 0.717) is 32.8 Å². The molecule has 3 N–H and O–H groups in total. The summed E-state index contributed by atoms with van der Waals surface area (Å²) in [7, 11) is 0. The average Bonchev–Trinajstić information content (AvgIpc) is 2.95. The Labute approximate surface area is 232 Å². The minimum absolute atomic E-state index is 0.115. The van der Waals surface area contributed by atoms with Crippen LogP contribution in [0.15, 0.2) is 77.1 Å². The number of morpholine rings is 1. The maximum absolute atomic E-state index is 14.3. The van der Waals surface area contributed by atoms with E-state index in [-0.39, 0.29) is 23.3 Å². The van der Waals surface area contributed by atoms with Gasteiger partial charge in [0.05, 0.1) is 26.0 Å². The van der Waals surface area contributed by atoms with Crippen LogP contribution >= 0.6 is 0 Å². The van der Waals surface area contributed by atoms with Crippen molar-refractivity contribution in [2.45, 2.75) is 26.3 Å². The van der Waals surface area contributed by atoms with Crippen molar-refractivity contribution in [3.05, 3.63) is 83.8 Å². The summed E-state index contributed by atoms with van der Waals surface area (Å²) in [6.45, 7) is 4.61. The number of nitrogens with zero attached hydrogens (tertiary/aromatic N) is 5. The Kier molecular flexibility index (Phi) is 8.46. The lowest BCUT2D eigenvalue weighted by Gasteiger charge is -2.27. The van der Waals surface area contributed by atoms with E-state index in [0.717, 1.165) is 52.7 Å². The van der Waals surface area contributed by atoms with Gasteiger partial charge in [0.1, 0.15) is 11.5 Å². The molecule has 40 heavy (non-hydrogen) atoms. The van der Waals surface area contributed by atoms with E-state index >= 15 is 0 Å². The number of ether oxygens (including phenoxy) is 1. The maximum atomic E-state index is 14.3. The molecule has 1 aliphatic heterocycles. The van der Waals surface area contributed by atoms with Gasteiger partial charge in [0.15, 0.2) is 11.6 Å². The smallest absolute Gasteiger partial charge is 0.270 e. The Hall–Kier alpha value is -4.57. The van der Waals surface area contributed by atoms with E-state index in [1.165, 1.54) is 0 Å². The largest absolute Gasteiger partial charge is 0.508 e. The standard InChI is InChI=1S/C30H31FN6O3/c1-2-4-20-13-24(34-25-14-23(16-27(39)17-25)21-5-3-6-26(38)15-21)8-7-22(20)18-33-36-30-32-19-28(31)29(35-30)37-9-11-40-12-10-37/h3,5-8,13-17,19,34,38-39H,2,4,9-12,18H2,1H3. The number of phenolic OH excluding ortho intramolecular Hbond substituents is 2. The van der Waals surface area contributed by atoms with Gasteiger partial charge in [0.25, 0.3) is 5.95 Å². The molecule has 0 atom stereocenters. The highest BCUT2D eigenvalue weighted by Crippen LogP contribution is 2.32. The van der Waals surface area contributed by atoms with Crippen LogP contribution in [-0.2, 0) is 17.7 Å². The Bertz CT molecular complexity index is 1510. The zero-order valence-electron chi connectivity index (χ0n) is 22.2. The fourth-order valence-corrected chi connectivity index (χ4v) is 4.63. The number of aromatic hydroxyl groups is 2. The molecule has 0 saturated carbocycles. The van der Waals surface area contributed by atoms with Crippen LogP contribution in [0.25, 0.3) is 11.1 Å². The van der Waals surface area contributed by atoms with Gasteiger partial charge >= 0.3 is 0 Å². The van der Waals surface area contributed by atoms with Crippen molar-refractivity contribution in [3.63, 3.8) is 0 Å². The van der Waals surface area contributed by atoms with Crippen molar-refractivity contribution in [1.82, 2.24) is 9.97 Å². The molecule has 10 heteroatoms. The first-order valence-corrected chi connectivity index (χ1v) is 13.2. The number of halogens is 1. The molecule has 9 nitrogen and oxygen atoms in total. The summed E-state index contributed by atoms with van der Waals surface area (Å²) in [4.78, 5) is 10.1. The number of anilines is 3. The molecular formula is C30H31FN6O3. The van der Waals surface area contributed by atoms with E-state index in [9.17, 15) is 14.6 Å². The fourth-order valence-electron chi connectivity index (χ4n) is 4.63. The molecule has 1 aliphatic rings. The molecule has 5 rings (SSSR count). The number of nitrogens with one attached hydrogen (secondary N) is 1. The van der Waals surface area contributed by atoms with Gasteiger partial charge in [-0.05, 0) is 65.1 Å². The van der Waals surface area contributed by atoms with Crippen molar-refractivity contribution in [2.24, 2.45) is 10.2 Å². The van der Waals surface area contributed by atoms with Crippen LogP contribution in [0.2, 0.25) is 0 Å². The number of benzene rings is 3. The van der Waals surface area contributed by atoms with E-state index < -0.39 is 5.82 Å². The minimum atomic E-state index is -0.491. The molecule has 0 bridgehead atoms. The monoisotopic (exact) mass is 542 g/mol. The Morgan fingerprint density at radius 1 is 0.950 bits per heavy atom. The lowest BCUT2D eigenvalue weighted by Crippen LogP contribution is -2.37. The van der Waals surface area contributed by atoms with Crippen molar-refractivity contribution < 1.29 is 19.3 Å². The van der Waals surface area contributed by atoms with Gasteiger partial charge in [-0.2, -0.15) is 10.1 Å². The highest BCUT2D eigenvalue weighted by atomic mass is 19.1. The SMILES string of the molecule is CCCc1cc(Nc2cc(O)cc(-c3cccc(O)c3)c2)ccc1CN=Nc1ncc(F)c(N2CCOCC2)n1. The van der Waals surface area contributed by atoms with Crippen molar-refractivity contribution >= 4 is 23.1 Å². The third-order valence-electron chi connectivity index (χ3n) is 6.54. The van der Waals surface area contributed by atoms with Gasteiger partial charge in [0, 0.05) is 30.5 Å². The number of hydrogen-bond donors (Lipinski definition) is 3. The van der Waals surface area contributed by atoms with Crippen LogP contribution < -0.4 is 10.2 Å². The second-order valence-electron chi connectivity index (χ2n) is 9.52. The fraction of sp³-hybridized carbons (Fsp3) is 0.267. The first-order valence-electron chi connectivity index (χ1n) is 13.2. The van der Waals surface area contributed by atoms with Crippen LogP contribution in [0, 0.1) is 5.82 Å². The zero-order valence-corrected chi connectivity index (χ0v) is 22.2. The first-order chi connectivity index (χ1) is 19.5. The topological polar surface area (TPSA) is 115 Å². The van der Waals surface area contributed by atoms with Crippen LogP contribution in [-0.4, -0.2) is 46.5 Å². The maximum Gasteiger partial charge on any atom is 0.270 e. The second kappa shape index (κ2) is 12.5. The molecule has 2 heterocycles. The van der Waals surface area contributed by atoms with Crippen LogP contribution in [0.4, 0.5) is 27.5 Å². The summed E-state index contributed by atoms with van der Waals surface area (Å²) in [6, 6.07) is 18.2. The predicted octanol–water partition coefficient (Wildman–Crippen LogP) is 6.51. The van der Waals surface area contributed by atoms with Gasteiger partial charge in [-0.1, -0.05) is 31.5 Å². The summed E-state index contributed by atoms with van der Waals surface area (Å²) < 4.78 is 19.6. The quantitative estimate of drug-likeness (QED) is 0.207. The number of azo groups is 1. The second-order valence-corrected chi connectivity index (χ2v) is 9.52. The molecular weight excluding hydrogens is 511 g/mol. The van der Waals surface area contributed by atoms with Gasteiger partial charge < -0.3 is 25.2 Å². The molecule has 1 saturated heterocycles. The Balaban J connectivity index is 1.31. The summed E-state index contributed by atoms with van der Waals surface area (Å²) in [5.74, 6) is 0.123. The molecule has 3 aromatic carbocycles. The molecule has 1 aromatic heterocycles. The molecule has 1 fully saturated rings. The molecule has 0 aliphatic carbocycles. The number of hydrogen-bond acceptors (Lipinski definition) is 9. The van der Waals surface area contributed by atoms with Crippen LogP contribution in [0.1, 0.15) is 24.5 Å². The third kappa shape index (κ3) is 6.70. The molecule has 0 amide bonds. The Morgan fingerprint density at radius 3 is 2.58 bits per heavy atom. The van der Waals surface area contributed by atoms with Crippen LogP contribution in [0.5, 0.6) is 11.5 Å². The molecule has 0 unspecified atom stereocenters. The van der Waals surface area contributed by atoms with Gasteiger partial charge in [-0.15, -0.1) is 5.11 Å². The molecule has 206 valence electrons. The predicted molar refractivity (Wildman–Crippen MR) is 152 cm³/mol. The van der Waals surface area contributed by atoms with Crippen molar-refractivity contribution in [1.29, 1.82) is 0 Å². The normalized spacial score (nSPS) is 13.6. The van der Waals surface area contributed by atoms with Gasteiger partial charge in [-0.25, -0.2) is 9.37 Å². The van der Waals surface area contributed by atoms with Crippen molar-refractivity contribution in [2.75, 3.05) is 36.5 Å². The lowest BCUT2D eigenvalue weighted by molar-refractivity contribution is 0.122. The van der Waals surface area contributed by atoms with E-state index in [1.54, 1.807) is 30.3 Å². The highest BCUT2D eigenvalue weighted by molar-refractivity contribution is 5.74. The van der Waals surface area contributed by atoms with E-state index in [1.807, 2.05) is 29.2 Å². The van der Waals surface area contributed by atoms with Crippen molar-refractivity contribution in [3.8, 4) is 22.6 Å². The average molecular weight is 543 g/mol. The Morgan fingerprint density at radius 2 is 1.77 bits per heavy atom. The van der Waals surface area contributed by atoms with Gasteiger partial charge in [-0.3, -0.25) is 0 Å². The summed E-state index contributed by atoms with van der Waals surface area (Å²) >= 11 is 0. The molecule has 0 radical (unpaired) electrons. The lowest BCUT2D eigenvalue weighted by atomic mass is 10.0. The molecule has 0 spiro atoms. The zero-order chi connectivity index (χ0) is 27.9. The number of aromatic nitrogens is 2. The summed E-state index contributed by atoms with van der Waals surface area (Å²) in [5, 5.41) is 32.0. The van der Waals surface area contributed by atoms with Gasteiger partial charge in [0.2, 0.25) is 0 Å². The number of aryl methyl sites for hydroxylation is 1. The van der Waals surface area contributed by atoms with E-state index in [4.69, 9.17) is 4.74 Å². The van der Waals surface area contributed by atoms with E-state index in [2.05, 4.69) is 38.5 Å².